The summed E-state index contributed by atoms with van der Waals surface area (Å²) in [6.07, 6.45) is 0. The Morgan fingerprint density at radius 1 is 1.21 bits per heavy atom. The van der Waals surface area contributed by atoms with Gasteiger partial charge in [-0.15, -0.1) is 0 Å². The lowest BCUT2D eigenvalue weighted by Crippen LogP contribution is -2.25. The molecule has 1 aliphatic heterocycles. The molecule has 1 atom stereocenters. The molecule has 1 N–H and O–H groups in total. The molecule has 2 aromatic carbocycles. The summed E-state index contributed by atoms with van der Waals surface area (Å²) in [5.41, 5.74) is 2.12. The van der Waals surface area contributed by atoms with Gasteiger partial charge in [-0.05, 0) is 24.6 Å². The molecule has 1 amide bonds. The van der Waals surface area contributed by atoms with Gasteiger partial charge >= 0.3 is 5.97 Å². The summed E-state index contributed by atoms with van der Waals surface area (Å²) in [6.45, 7) is 2.45. The van der Waals surface area contributed by atoms with Crippen molar-refractivity contribution in [3.63, 3.8) is 0 Å². The number of hydrogen-bond donors (Lipinski definition) is 1. The Balaban J connectivity index is 2.23. The summed E-state index contributed by atoms with van der Waals surface area (Å²) in [4.78, 5) is 24.3. The molecule has 0 radical (unpaired) electrons. The van der Waals surface area contributed by atoms with E-state index in [2.05, 4.69) is 5.32 Å². The van der Waals surface area contributed by atoms with Crippen LogP contribution in [0.25, 0.3) is 0 Å². The predicted octanol–water partition coefficient (Wildman–Crippen LogP) is 2.53. The summed E-state index contributed by atoms with van der Waals surface area (Å²) in [7, 11) is 2.87. The Bertz CT molecular complexity index is 801. The number of carbonyl (C=O) groups excluding carboxylic acids is 2. The largest absolute Gasteiger partial charge is 0.491 e. The first-order valence-electron chi connectivity index (χ1n) is 7.68. The molecule has 0 spiro atoms. The zero-order valence-electron chi connectivity index (χ0n) is 13.9. The fourth-order valence-corrected chi connectivity index (χ4v) is 3.07. The van der Waals surface area contributed by atoms with E-state index in [4.69, 9.17) is 9.47 Å². The highest BCUT2D eigenvalue weighted by Crippen LogP contribution is 2.45. The minimum Gasteiger partial charge on any atom is -0.491 e. The van der Waals surface area contributed by atoms with Crippen molar-refractivity contribution < 1.29 is 19.1 Å². The van der Waals surface area contributed by atoms with Gasteiger partial charge in [-0.2, -0.15) is 0 Å². The van der Waals surface area contributed by atoms with E-state index in [1.807, 2.05) is 37.3 Å². The van der Waals surface area contributed by atoms with Gasteiger partial charge in [0.1, 0.15) is 12.4 Å². The lowest BCUT2D eigenvalue weighted by atomic mass is 9.77. The number of nitrogens with one attached hydrogen (secondary N) is 1. The lowest BCUT2D eigenvalue weighted by Gasteiger charge is -2.23. The van der Waals surface area contributed by atoms with Crippen molar-refractivity contribution in [2.24, 2.45) is 0 Å². The monoisotopic (exact) mass is 325 g/mol. The molecule has 124 valence electrons. The number of hydrogen-bond acceptors (Lipinski definition) is 4. The zero-order chi connectivity index (χ0) is 17.3. The number of amides is 1. The van der Waals surface area contributed by atoms with Crippen molar-refractivity contribution in [2.45, 2.75) is 12.3 Å². The topological polar surface area (TPSA) is 64.6 Å². The van der Waals surface area contributed by atoms with Crippen molar-refractivity contribution in [1.29, 1.82) is 0 Å². The molecule has 2 aromatic rings. The van der Waals surface area contributed by atoms with Crippen molar-refractivity contribution >= 4 is 11.9 Å². The van der Waals surface area contributed by atoms with Crippen molar-refractivity contribution in [2.75, 3.05) is 20.8 Å². The fraction of sp³-hybridized carbons (Fsp3) is 0.263. The zero-order valence-corrected chi connectivity index (χ0v) is 13.9. The number of fused-ring (bicyclic) bond motifs is 1. The first-order valence-corrected chi connectivity index (χ1v) is 7.68. The van der Waals surface area contributed by atoms with E-state index in [9.17, 15) is 9.59 Å². The summed E-state index contributed by atoms with van der Waals surface area (Å²) in [5, 5.41) is 2.59. The lowest BCUT2D eigenvalue weighted by molar-refractivity contribution is 0.0600. The van der Waals surface area contributed by atoms with Crippen LogP contribution in [0.15, 0.2) is 42.5 Å². The molecule has 0 bridgehead atoms. The standard InChI is InChI=1S/C19H19NO4/c1-19(13-7-5-4-6-8-13)11-24-16-14(17(21)20-2)9-12(10-15(16)19)18(22)23-3/h4-10H,11H2,1-3H3,(H,20,21)/t19-/m1/s1. The average molecular weight is 325 g/mol. The maximum absolute atomic E-state index is 12.2. The van der Waals surface area contributed by atoms with Gasteiger partial charge in [0.25, 0.3) is 5.91 Å². The molecule has 0 unspecified atom stereocenters. The van der Waals surface area contributed by atoms with E-state index in [0.29, 0.717) is 23.5 Å². The number of rotatable bonds is 3. The van der Waals surface area contributed by atoms with Gasteiger partial charge in [0, 0.05) is 12.6 Å². The first-order chi connectivity index (χ1) is 11.5. The molecule has 0 saturated carbocycles. The van der Waals surface area contributed by atoms with Gasteiger partial charge in [-0.25, -0.2) is 4.79 Å². The third kappa shape index (κ3) is 2.42. The van der Waals surface area contributed by atoms with Crippen LogP contribution in [0.4, 0.5) is 0 Å². The minimum absolute atomic E-state index is 0.297. The van der Waals surface area contributed by atoms with Gasteiger partial charge in [0.05, 0.1) is 23.7 Å². The quantitative estimate of drug-likeness (QED) is 0.881. The molecule has 5 heteroatoms. The van der Waals surface area contributed by atoms with Crippen LogP contribution in [0.1, 0.15) is 38.8 Å². The number of esters is 1. The van der Waals surface area contributed by atoms with Gasteiger partial charge in [-0.3, -0.25) is 4.79 Å². The third-order valence-corrected chi connectivity index (χ3v) is 4.49. The Kier molecular flexibility index (Phi) is 4.01. The van der Waals surface area contributed by atoms with Crippen molar-refractivity contribution in [3.05, 3.63) is 64.7 Å². The van der Waals surface area contributed by atoms with Gasteiger partial charge in [0.2, 0.25) is 0 Å². The van der Waals surface area contributed by atoms with Crippen LogP contribution >= 0.6 is 0 Å². The van der Waals surface area contributed by atoms with Crippen LogP contribution in [0, 0.1) is 0 Å². The fourth-order valence-electron chi connectivity index (χ4n) is 3.07. The Morgan fingerprint density at radius 3 is 2.54 bits per heavy atom. The van der Waals surface area contributed by atoms with Crippen LogP contribution in [0.2, 0.25) is 0 Å². The van der Waals surface area contributed by atoms with E-state index < -0.39 is 11.4 Å². The summed E-state index contributed by atoms with van der Waals surface area (Å²) in [6, 6.07) is 13.2. The minimum atomic E-state index is -0.481. The maximum atomic E-state index is 12.2. The highest BCUT2D eigenvalue weighted by Gasteiger charge is 2.40. The number of carbonyl (C=O) groups is 2. The second-order valence-corrected chi connectivity index (χ2v) is 5.96. The molecule has 0 aromatic heterocycles. The summed E-state index contributed by atoms with van der Waals surface area (Å²) >= 11 is 0. The molecule has 24 heavy (non-hydrogen) atoms. The third-order valence-electron chi connectivity index (χ3n) is 4.49. The van der Waals surface area contributed by atoms with E-state index in [0.717, 1.165) is 11.1 Å². The second-order valence-electron chi connectivity index (χ2n) is 5.96. The van der Waals surface area contributed by atoms with E-state index in [1.165, 1.54) is 13.2 Å². The van der Waals surface area contributed by atoms with Gasteiger partial charge < -0.3 is 14.8 Å². The van der Waals surface area contributed by atoms with Crippen LogP contribution < -0.4 is 10.1 Å². The smallest absolute Gasteiger partial charge is 0.337 e. The average Bonchev–Trinajstić information content (AvgIpc) is 2.98. The second kappa shape index (κ2) is 6.00. The molecular weight excluding hydrogens is 306 g/mol. The van der Waals surface area contributed by atoms with E-state index in [1.54, 1.807) is 13.1 Å². The predicted molar refractivity (Wildman–Crippen MR) is 89.6 cm³/mol. The number of methoxy groups -OCH3 is 1. The van der Waals surface area contributed by atoms with Gasteiger partial charge in [0.15, 0.2) is 0 Å². The van der Waals surface area contributed by atoms with Crippen LogP contribution in [0.5, 0.6) is 5.75 Å². The van der Waals surface area contributed by atoms with E-state index in [-0.39, 0.29) is 5.91 Å². The van der Waals surface area contributed by atoms with Crippen molar-refractivity contribution in [1.82, 2.24) is 5.32 Å². The SMILES string of the molecule is CNC(=O)c1cc(C(=O)OC)cc2c1OC[C@]2(C)c1ccccc1. The molecule has 3 rings (SSSR count). The summed E-state index contributed by atoms with van der Waals surface area (Å²) in [5.74, 6) is -0.257. The Morgan fingerprint density at radius 2 is 1.92 bits per heavy atom. The van der Waals surface area contributed by atoms with Crippen LogP contribution in [0.3, 0.4) is 0 Å². The molecule has 0 aliphatic carbocycles. The Labute approximate surface area is 140 Å². The number of benzene rings is 2. The molecule has 1 heterocycles. The maximum Gasteiger partial charge on any atom is 0.337 e. The molecule has 5 nitrogen and oxygen atoms in total. The van der Waals surface area contributed by atoms with Crippen LogP contribution in [-0.2, 0) is 10.2 Å². The molecule has 0 fully saturated rings. The first kappa shape index (κ1) is 16.1. The highest BCUT2D eigenvalue weighted by molar-refractivity contribution is 6.01. The molecule has 0 saturated heterocycles. The molecular formula is C19H19NO4. The van der Waals surface area contributed by atoms with Gasteiger partial charge in [-0.1, -0.05) is 30.3 Å². The highest BCUT2D eigenvalue weighted by atomic mass is 16.5. The molecule has 1 aliphatic rings. The van der Waals surface area contributed by atoms with E-state index >= 15 is 0 Å². The Hall–Kier alpha value is -2.82. The summed E-state index contributed by atoms with van der Waals surface area (Å²) < 4.78 is 10.7. The number of ether oxygens (including phenoxy) is 2. The normalized spacial score (nSPS) is 18.5. The van der Waals surface area contributed by atoms with Crippen molar-refractivity contribution in [3.8, 4) is 5.75 Å². The van der Waals surface area contributed by atoms with Crippen LogP contribution in [-0.4, -0.2) is 32.6 Å².